The molecule has 0 atom stereocenters. The summed E-state index contributed by atoms with van der Waals surface area (Å²) in [5.74, 6) is 0.670. The molecule has 128 valence electrons. The second kappa shape index (κ2) is 7.63. The average Bonchev–Trinajstić information content (AvgIpc) is 3.10. The molecule has 0 spiro atoms. The maximum absolute atomic E-state index is 12.3. The van der Waals surface area contributed by atoms with E-state index in [9.17, 15) is 4.79 Å². The van der Waals surface area contributed by atoms with Crippen LogP contribution in [0.2, 0.25) is 0 Å². The van der Waals surface area contributed by atoms with E-state index in [-0.39, 0.29) is 5.91 Å². The van der Waals surface area contributed by atoms with Crippen LogP contribution >= 0.6 is 11.3 Å². The van der Waals surface area contributed by atoms with Gasteiger partial charge in [-0.1, -0.05) is 6.07 Å². The molecule has 1 amide bonds. The fourth-order valence-corrected chi connectivity index (χ4v) is 3.48. The number of carbonyl (C=O) groups excluding carboxylic acids is 1. The first-order valence-corrected chi connectivity index (χ1v) is 8.85. The van der Waals surface area contributed by atoms with Crippen LogP contribution in [0.5, 0.6) is 5.75 Å². The third-order valence-corrected chi connectivity index (χ3v) is 4.89. The van der Waals surface area contributed by atoms with E-state index in [0.29, 0.717) is 12.3 Å². The van der Waals surface area contributed by atoms with E-state index in [1.54, 1.807) is 18.4 Å². The first-order chi connectivity index (χ1) is 11.7. The number of piperazine rings is 1. The fraction of sp³-hybridized carbons (Fsp3) is 0.412. The molecule has 3 rings (SSSR count). The first kappa shape index (κ1) is 16.7. The summed E-state index contributed by atoms with van der Waals surface area (Å²) in [6.45, 7) is 5.90. The van der Waals surface area contributed by atoms with Crippen molar-refractivity contribution in [3.63, 3.8) is 0 Å². The number of aryl methyl sites for hydroxylation is 1. The molecule has 1 aliphatic rings. The van der Waals surface area contributed by atoms with E-state index in [1.807, 2.05) is 36.7 Å². The van der Waals surface area contributed by atoms with Gasteiger partial charge in [0.2, 0.25) is 5.91 Å². The monoisotopic (exact) mass is 346 g/mol. The Labute approximate surface area is 146 Å². The molecule has 0 aliphatic carbocycles. The highest BCUT2D eigenvalue weighted by Gasteiger charge is 2.20. The smallest absolute Gasteiger partial charge is 0.238 e. The maximum atomic E-state index is 12.3. The standard InChI is InChI=1S/C17H22N4O2S/c1-13-3-4-15(23-2)14(11-13)19-16(22)12-20-6-8-21(9-7-20)17-18-5-10-24-17/h3-5,10-11H,6-9,12H2,1-2H3,(H,19,22). The van der Waals surface area contributed by atoms with Crippen molar-refractivity contribution in [3.05, 3.63) is 35.3 Å². The zero-order chi connectivity index (χ0) is 16.9. The van der Waals surface area contributed by atoms with Crippen molar-refractivity contribution in [2.45, 2.75) is 6.92 Å². The van der Waals surface area contributed by atoms with Gasteiger partial charge in [0, 0.05) is 37.8 Å². The third kappa shape index (κ3) is 4.04. The van der Waals surface area contributed by atoms with Crippen molar-refractivity contribution < 1.29 is 9.53 Å². The first-order valence-electron chi connectivity index (χ1n) is 7.97. The Morgan fingerprint density at radius 3 is 2.79 bits per heavy atom. The molecular weight excluding hydrogens is 324 g/mol. The van der Waals surface area contributed by atoms with Gasteiger partial charge in [-0.3, -0.25) is 9.69 Å². The molecule has 0 saturated carbocycles. The van der Waals surface area contributed by atoms with Gasteiger partial charge in [0.25, 0.3) is 0 Å². The Balaban J connectivity index is 1.52. The summed E-state index contributed by atoms with van der Waals surface area (Å²) in [6.07, 6.45) is 1.83. The lowest BCUT2D eigenvalue weighted by atomic mass is 10.2. The second-order valence-electron chi connectivity index (χ2n) is 5.83. The summed E-state index contributed by atoms with van der Waals surface area (Å²) in [5.41, 5.74) is 1.81. The highest BCUT2D eigenvalue weighted by atomic mass is 32.1. The van der Waals surface area contributed by atoms with Crippen LogP contribution in [-0.4, -0.2) is 55.6 Å². The minimum absolute atomic E-state index is 0.0124. The van der Waals surface area contributed by atoms with Gasteiger partial charge in [-0.25, -0.2) is 4.98 Å². The minimum atomic E-state index is -0.0124. The van der Waals surface area contributed by atoms with Crippen LogP contribution in [0, 0.1) is 6.92 Å². The Morgan fingerprint density at radius 2 is 2.12 bits per heavy atom. The Hall–Kier alpha value is -2.12. The number of rotatable bonds is 5. The predicted octanol–water partition coefficient (Wildman–Crippen LogP) is 2.22. The van der Waals surface area contributed by atoms with Gasteiger partial charge in [-0.05, 0) is 24.6 Å². The Morgan fingerprint density at radius 1 is 1.33 bits per heavy atom. The number of anilines is 2. The number of ether oxygens (including phenoxy) is 1. The number of amides is 1. The molecule has 1 aliphatic heterocycles. The van der Waals surface area contributed by atoms with Gasteiger partial charge in [0.15, 0.2) is 5.13 Å². The number of nitrogens with zero attached hydrogens (tertiary/aromatic N) is 3. The van der Waals surface area contributed by atoms with Gasteiger partial charge in [0.1, 0.15) is 5.75 Å². The molecule has 0 radical (unpaired) electrons. The molecule has 0 bridgehead atoms. The van der Waals surface area contributed by atoms with E-state index < -0.39 is 0 Å². The predicted molar refractivity (Wildman–Crippen MR) is 97.1 cm³/mol. The van der Waals surface area contributed by atoms with Gasteiger partial charge in [-0.2, -0.15) is 0 Å². The summed E-state index contributed by atoms with van der Waals surface area (Å²) in [4.78, 5) is 21.1. The normalized spacial score (nSPS) is 15.3. The summed E-state index contributed by atoms with van der Waals surface area (Å²) in [7, 11) is 1.61. The highest BCUT2D eigenvalue weighted by molar-refractivity contribution is 7.13. The van der Waals surface area contributed by atoms with Crippen molar-refractivity contribution in [2.24, 2.45) is 0 Å². The molecular formula is C17H22N4O2S. The van der Waals surface area contributed by atoms with Crippen LogP contribution < -0.4 is 15.0 Å². The molecule has 1 fully saturated rings. The summed E-state index contributed by atoms with van der Waals surface area (Å²) >= 11 is 1.65. The fourth-order valence-electron chi connectivity index (χ4n) is 2.78. The molecule has 1 aromatic heterocycles. The van der Waals surface area contributed by atoms with E-state index >= 15 is 0 Å². The molecule has 24 heavy (non-hydrogen) atoms. The van der Waals surface area contributed by atoms with Crippen LogP contribution in [0.3, 0.4) is 0 Å². The second-order valence-corrected chi connectivity index (χ2v) is 6.70. The summed E-state index contributed by atoms with van der Waals surface area (Å²) < 4.78 is 5.31. The molecule has 1 N–H and O–H groups in total. The number of aromatic nitrogens is 1. The number of hydrogen-bond acceptors (Lipinski definition) is 6. The van der Waals surface area contributed by atoms with Crippen LogP contribution in [-0.2, 0) is 4.79 Å². The minimum Gasteiger partial charge on any atom is -0.495 e. The van der Waals surface area contributed by atoms with E-state index in [4.69, 9.17) is 4.74 Å². The Bertz CT molecular complexity index is 682. The van der Waals surface area contributed by atoms with Crippen LogP contribution in [0.15, 0.2) is 29.8 Å². The zero-order valence-corrected chi connectivity index (χ0v) is 14.8. The summed E-state index contributed by atoms with van der Waals surface area (Å²) in [6, 6.07) is 5.77. The van der Waals surface area contributed by atoms with Crippen molar-refractivity contribution in [1.29, 1.82) is 0 Å². The van der Waals surface area contributed by atoms with Gasteiger partial charge >= 0.3 is 0 Å². The highest BCUT2D eigenvalue weighted by Crippen LogP contribution is 2.25. The third-order valence-electron chi connectivity index (χ3n) is 4.06. The van der Waals surface area contributed by atoms with Gasteiger partial charge < -0.3 is 15.0 Å². The molecule has 0 unspecified atom stereocenters. The summed E-state index contributed by atoms with van der Waals surface area (Å²) in [5, 5.41) is 6.01. The largest absolute Gasteiger partial charge is 0.495 e. The molecule has 2 aromatic rings. The lowest BCUT2D eigenvalue weighted by molar-refractivity contribution is -0.117. The lowest BCUT2D eigenvalue weighted by Crippen LogP contribution is -2.48. The molecule has 1 saturated heterocycles. The molecule has 1 aromatic carbocycles. The van der Waals surface area contributed by atoms with Crippen molar-refractivity contribution >= 4 is 28.1 Å². The number of nitrogens with one attached hydrogen (secondary N) is 1. The molecule has 2 heterocycles. The van der Waals surface area contributed by atoms with Gasteiger partial charge in [-0.15, -0.1) is 11.3 Å². The van der Waals surface area contributed by atoms with Crippen LogP contribution in [0.1, 0.15) is 5.56 Å². The van der Waals surface area contributed by atoms with Crippen LogP contribution in [0.25, 0.3) is 0 Å². The maximum Gasteiger partial charge on any atom is 0.238 e. The zero-order valence-electron chi connectivity index (χ0n) is 14.0. The number of thiazole rings is 1. The van der Waals surface area contributed by atoms with E-state index in [0.717, 1.165) is 42.6 Å². The number of carbonyl (C=O) groups is 1. The van der Waals surface area contributed by atoms with Gasteiger partial charge in [0.05, 0.1) is 19.3 Å². The van der Waals surface area contributed by atoms with Crippen molar-refractivity contribution in [2.75, 3.05) is 50.1 Å². The van der Waals surface area contributed by atoms with E-state index in [2.05, 4.69) is 20.1 Å². The molecule has 7 heteroatoms. The number of benzene rings is 1. The number of hydrogen-bond donors (Lipinski definition) is 1. The SMILES string of the molecule is COc1ccc(C)cc1NC(=O)CN1CCN(c2nccs2)CC1. The van der Waals surface area contributed by atoms with E-state index in [1.165, 1.54) is 0 Å². The number of methoxy groups -OCH3 is 1. The Kier molecular flexibility index (Phi) is 5.32. The lowest BCUT2D eigenvalue weighted by Gasteiger charge is -2.34. The van der Waals surface area contributed by atoms with Crippen molar-refractivity contribution in [3.8, 4) is 5.75 Å². The van der Waals surface area contributed by atoms with Crippen LogP contribution in [0.4, 0.5) is 10.8 Å². The molecule has 6 nitrogen and oxygen atoms in total. The average molecular weight is 346 g/mol. The van der Waals surface area contributed by atoms with Crippen molar-refractivity contribution in [1.82, 2.24) is 9.88 Å². The topological polar surface area (TPSA) is 57.7 Å². The quantitative estimate of drug-likeness (QED) is 0.900.